The molecule has 5 heteroatoms. The molecule has 0 saturated carbocycles. The third-order valence-corrected chi connectivity index (χ3v) is 1.75. The molecule has 0 spiro atoms. The summed E-state index contributed by atoms with van der Waals surface area (Å²) in [4.78, 5) is 34.0. The molecule has 2 heterocycles. The predicted molar refractivity (Wildman–Crippen MR) is 40.0 cm³/mol. The highest BCUT2D eigenvalue weighted by Gasteiger charge is 2.33. The molecular formula is C8H5NO4. The first kappa shape index (κ1) is 7.72. The zero-order chi connectivity index (χ0) is 9.42. The van der Waals surface area contributed by atoms with Crippen LogP contribution in [0.15, 0.2) is 23.9 Å². The third-order valence-electron chi connectivity index (χ3n) is 1.75. The Bertz CT molecular complexity index is 348. The molecular weight excluding hydrogens is 174 g/mol. The molecule has 0 atom stereocenters. The van der Waals surface area contributed by atoms with E-state index in [-0.39, 0.29) is 12.3 Å². The van der Waals surface area contributed by atoms with Crippen molar-refractivity contribution in [3.63, 3.8) is 0 Å². The second-order valence-electron chi connectivity index (χ2n) is 2.53. The molecule has 0 aliphatic carbocycles. The van der Waals surface area contributed by atoms with Crippen molar-refractivity contribution in [2.75, 3.05) is 6.61 Å². The highest BCUT2D eigenvalue weighted by molar-refractivity contribution is 6.17. The minimum atomic E-state index is -0.634. The van der Waals surface area contributed by atoms with E-state index >= 15 is 0 Å². The smallest absolute Gasteiger partial charge is 0.355 e. The highest BCUT2D eigenvalue weighted by atomic mass is 16.5. The number of esters is 1. The highest BCUT2D eigenvalue weighted by Crippen LogP contribution is 2.17. The van der Waals surface area contributed by atoms with E-state index in [1.807, 2.05) is 0 Å². The summed E-state index contributed by atoms with van der Waals surface area (Å²) in [5, 5.41) is 0. The average molecular weight is 179 g/mol. The standard InChI is InChI=1S/C8H5NO4/c10-6-1-2-7(11)9(6)5-3-4-13-8(5)12/h1-3H,4H2. The van der Waals surface area contributed by atoms with Crippen molar-refractivity contribution in [1.29, 1.82) is 0 Å². The fraction of sp³-hybridized carbons (Fsp3) is 0.125. The van der Waals surface area contributed by atoms with E-state index in [0.717, 1.165) is 17.1 Å². The summed E-state index contributed by atoms with van der Waals surface area (Å²) in [6.45, 7) is 0.116. The molecule has 2 rings (SSSR count). The summed E-state index contributed by atoms with van der Waals surface area (Å²) in [6, 6.07) is 0. The van der Waals surface area contributed by atoms with Gasteiger partial charge in [-0.15, -0.1) is 0 Å². The lowest BCUT2D eigenvalue weighted by molar-refractivity contribution is -0.143. The van der Waals surface area contributed by atoms with Crippen molar-refractivity contribution in [2.45, 2.75) is 0 Å². The molecule has 2 amide bonds. The molecule has 0 aromatic heterocycles. The molecule has 0 radical (unpaired) electrons. The van der Waals surface area contributed by atoms with Crippen LogP contribution in [0.1, 0.15) is 0 Å². The Morgan fingerprint density at radius 2 is 1.77 bits per heavy atom. The van der Waals surface area contributed by atoms with Crippen LogP contribution in [0.4, 0.5) is 0 Å². The van der Waals surface area contributed by atoms with Crippen molar-refractivity contribution in [3.05, 3.63) is 23.9 Å². The maximum Gasteiger partial charge on any atom is 0.355 e. The summed E-state index contributed by atoms with van der Waals surface area (Å²) in [5.41, 5.74) is 0.0139. The molecule has 0 unspecified atom stereocenters. The Balaban J connectivity index is 2.32. The number of imide groups is 1. The van der Waals surface area contributed by atoms with Gasteiger partial charge in [0, 0.05) is 12.2 Å². The number of hydrogen-bond donors (Lipinski definition) is 0. The molecule has 2 aliphatic heterocycles. The Kier molecular flexibility index (Phi) is 1.51. The predicted octanol–water partition coefficient (Wildman–Crippen LogP) is -0.648. The van der Waals surface area contributed by atoms with Gasteiger partial charge in [0.25, 0.3) is 11.8 Å². The number of carbonyl (C=O) groups is 3. The van der Waals surface area contributed by atoms with Crippen molar-refractivity contribution in [2.24, 2.45) is 0 Å². The molecule has 2 aliphatic rings. The average Bonchev–Trinajstić information content (AvgIpc) is 2.60. The first-order chi connectivity index (χ1) is 6.20. The quantitative estimate of drug-likeness (QED) is 0.396. The fourth-order valence-electron chi connectivity index (χ4n) is 1.17. The van der Waals surface area contributed by atoms with Crippen LogP contribution in [-0.2, 0) is 19.1 Å². The molecule has 0 aromatic rings. The Hall–Kier alpha value is -1.91. The fourth-order valence-corrected chi connectivity index (χ4v) is 1.17. The monoisotopic (exact) mass is 179 g/mol. The molecule has 13 heavy (non-hydrogen) atoms. The summed E-state index contributed by atoms with van der Waals surface area (Å²) in [7, 11) is 0. The van der Waals surface area contributed by atoms with Crippen molar-refractivity contribution < 1.29 is 19.1 Å². The van der Waals surface area contributed by atoms with Crippen molar-refractivity contribution >= 4 is 17.8 Å². The van der Waals surface area contributed by atoms with Gasteiger partial charge in [0.1, 0.15) is 12.3 Å². The van der Waals surface area contributed by atoms with Gasteiger partial charge in [0.2, 0.25) is 0 Å². The minimum Gasteiger partial charge on any atom is -0.457 e. The van der Waals surface area contributed by atoms with Crippen molar-refractivity contribution in [1.82, 2.24) is 4.90 Å². The zero-order valence-electron chi connectivity index (χ0n) is 6.52. The molecule has 0 N–H and O–H groups in total. The number of amides is 2. The van der Waals surface area contributed by atoms with Crippen LogP contribution in [0.5, 0.6) is 0 Å². The maximum absolute atomic E-state index is 11.1. The van der Waals surface area contributed by atoms with Crippen LogP contribution in [0.2, 0.25) is 0 Å². The van der Waals surface area contributed by atoms with Gasteiger partial charge in [0.15, 0.2) is 0 Å². The lowest BCUT2D eigenvalue weighted by atomic mass is 10.4. The van der Waals surface area contributed by atoms with Crippen LogP contribution in [0.3, 0.4) is 0 Å². The van der Waals surface area contributed by atoms with E-state index < -0.39 is 17.8 Å². The van der Waals surface area contributed by atoms with Gasteiger partial charge < -0.3 is 4.74 Å². The van der Waals surface area contributed by atoms with Crippen LogP contribution < -0.4 is 0 Å². The summed E-state index contributed by atoms with van der Waals surface area (Å²) < 4.78 is 4.57. The van der Waals surface area contributed by atoms with Crippen LogP contribution >= 0.6 is 0 Å². The molecule has 66 valence electrons. The van der Waals surface area contributed by atoms with Crippen LogP contribution in [0, 0.1) is 0 Å². The summed E-state index contributed by atoms with van der Waals surface area (Å²) in [6.07, 6.45) is 3.65. The lowest BCUT2D eigenvalue weighted by Crippen LogP contribution is -2.31. The number of rotatable bonds is 1. The van der Waals surface area contributed by atoms with Gasteiger partial charge in [-0.3, -0.25) is 9.59 Å². The zero-order valence-corrected chi connectivity index (χ0v) is 6.52. The van der Waals surface area contributed by atoms with E-state index in [2.05, 4.69) is 4.74 Å². The third kappa shape index (κ3) is 1.05. The van der Waals surface area contributed by atoms with Crippen molar-refractivity contribution in [3.8, 4) is 0 Å². The van der Waals surface area contributed by atoms with Gasteiger partial charge in [-0.1, -0.05) is 0 Å². The Labute approximate surface area is 73.3 Å². The van der Waals surface area contributed by atoms with Gasteiger partial charge in [-0.25, -0.2) is 9.69 Å². The molecule has 5 nitrogen and oxygen atoms in total. The molecule has 0 fully saturated rings. The molecule has 0 aromatic carbocycles. The van der Waals surface area contributed by atoms with Crippen LogP contribution in [-0.4, -0.2) is 29.3 Å². The van der Waals surface area contributed by atoms with E-state index in [1.165, 1.54) is 6.08 Å². The summed E-state index contributed by atoms with van der Waals surface area (Å²) >= 11 is 0. The van der Waals surface area contributed by atoms with E-state index in [1.54, 1.807) is 0 Å². The Morgan fingerprint density at radius 1 is 1.15 bits per heavy atom. The van der Waals surface area contributed by atoms with Crippen LogP contribution in [0.25, 0.3) is 0 Å². The van der Waals surface area contributed by atoms with Gasteiger partial charge in [-0.05, 0) is 6.08 Å². The van der Waals surface area contributed by atoms with Gasteiger partial charge in [0.05, 0.1) is 0 Å². The number of cyclic esters (lactones) is 1. The van der Waals surface area contributed by atoms with E-state index in [0.29, 0.717) is 0 Å². The van der Waals surface area contributed by atoms with E-state index in [4.69, 9.17) is 0 Å². The topological polar surface area (TPSA) is 63.7 Å². The minimum absolute atomic E-state index is 0.0139. The number of hydrogen-bond acceptors (Lipinski definition) is 4. The second-order valence-corrected chi connectivity index (χ2v) is 2.53. The Morgan fingerprint density at radius 3 is 2.23 bits per heavy atom. The number of carbonyl (C=O) groups excluding carboxylic acids is 3. The SMILES string of the molecule is O=C1OCC=C1N1C(=O)C=CC1=O. The molecule has 0 saturated heterocycles. The number of ether oxygens (including phenoxy) is 1. The van der Waals surface area contributed by atoms with Gasteiger partial charge in [-0.2, -0.15) is 0 Å². The summed E-state index contributed by atoms with van der Waals surface area (Å²) in [5.74, 6) is -1.64. The van der Waals surface area contributed by atoms with E-state index in [9.17, 15) is 14.4 Å². The number of nitrogens with zero attached hydrogens (tertiary/aromatic N) is 1. The molecule has 0 bridgehead atoms. The second kappa shape index (κ2) is 2.55. The maximum atomic E-state index is 11.1. The lowest BCUT2D eigenvalue weighted by Gasteiger charge is -2.11. The largest absolute Gasteiger partial charge is 0.457 e. The first-order valence-electron chi connectivity index (χ1n) is 3.63. The first-order valence-corrected chi connectivity index (χ1v) is 3.63. The normalized spacial score (nSPS) is 21.1. The van der Waals surface area contributed by atoms with Gasteiger partial charge >= 0.3 is 5.97 Å².